The van der Waals surface area contributed by atoms with Crippen LogP contribution in [0.25, 0.3) is 11.7 Å². The number of aromatic nitrogens is 3. The SMILES string of the molecule is Cc1ccc(S(=O)(=O)Oc2nc3cc(CCc4nc(C(C)C)cs4)ccn3c(=O)c2C=CC(=O)O)cc1. The first-order valence-electron chi connectivity index (χ1n) is 11.5. The average Bonchev–Trinajstić information content (AvgIpc) is 3.32. The summed E-state index contributed by atoms with van der Waals surface area (Å²) >= 11 is 1.60. The number of aryl methyl sites for hydroxylation is 3. The Hall–Kier alpha value is -3.83. The number of rotatable bonds is 9. The zero-order valence-corrected chi connectivity index (χ0v) is 22.0. The molecule has 0 unspecified atom stereocenters. The summed E-state index contributed by atoms with van der Waals surface area (Å²) in [5, 5.41) is 12.1. The van der Waals surface area contributed by atoms with Crippen LogP contribution < -0.4 is 9.74 Å². The molecule has 192 valence electrons. The zero-order chi connectivity index (χ0) is 26.7. The molecule has 0 bridgehead atoms. The second-order valence-corrected chi connectivity index (χ2v) is 11.2. The monoisotopic (exact) mass is 539 g/mol. The van der Waals surface area contributed by atoms with Crippen LogP contribution in [-0.2, 0) is 27.8 Å². The van der Waals surface area contributed by atoms with E-state index in [1.54, 1.807) is 35.6 Å². The van der Waals surface area contributed by atoms with E-state index in [-0.39, 0.29) is 16.1 Å². The molecule has 9 nitrogen and oxygen atoms in total. The van der Waals surface area contributed by atoms with Gasteiger partial charge >= 0.3 is 16.1 Å². The Morgan fingerprint density at radius 2 is 1.89 bits per heavy atom. The Morgan fingerprint density at radius 3 is 2.54 bits per heavy atom. The van der Waals surface area contributed by atoms with Crippen molar-refractivity contribution in [3.05, 3.63) is 91.8 Å². The predicted molar refractivity (Wildman–Crippen MR) is 141 cm³/mol. The number of aliphatic carboxylic acids is 1. The van der Waals surface area contributed by atoms with Crippen LogP contribution in [-0.4, -0.2) is 33.9 Å². The first kappa shape index (κ1) is 26.2. The number of pyridine rings is 1. The van der Waals surface area contributed by atoms with Crippen LogP contribution in [0, 0.1) is 6.92 Å². The van der Waals surface area contributed by atoms with Gasteiger partial charge in [-0.1, -0.05) is 31.5 Å². The van der Waals surface area contributed by atoms with Crippen LogP contribution in [0.3, 0.4) is 0 Å². The van der Waals surface area contributed by atoms with Gasteiger partial charge in [0.25, 0.3) is 5.56 Å². The fraction of sp³-hybridized carbons (Fsp3) is 0.231. The van der Waals surface area contributed by atoms with Crippen molar-refractivity contribution in [3.8, 4) is 5.88 Å². The van der Waals surface area contributed by atoms with Crippen molar-refractivity contribution in [1.29, 1.82) is 0 Å². The summed E-state index contributed by atoms with van der Waals surface area (Å²) in [6.45, 7) is 5.99. The molecule has 0 amide bonds. The third-order valence-electron chi connectivity index (χ3n) is 5.57. The first-order chi connectivity index (χ1) is 17.5. The Labute approximate surface area is 217 Å². The molecule has 0 saturated heterocycles. The fourth-order valence-corrected chi connectivity index (χ4v) is 5.36. The van der Waals surface area contributed by atoms with Crippen LogP contribution in [0.1, 0.15) is 47.2 Å². The van der Waals surface area contributed by atoms with Crippen molar-refractivity contribution in [2.75, 3.05) is 0 Å². The number of thiazole rings is 1. The van der Waals surface area contributed by atoms with Crippen molar-refractivity contribution < 1.29 is 22.5 Å². The van der Waals surface area contributed by atoms with Gasteiger partial charge in [0.15, 0.2) is 0 Å². The van der Waals surface area contributed by atoms with Crippen LogP contribution in [0.15, 0.2) is 63.7 Å². The van der Waals surface area contributed by atoms with Gasteiger partial charge in [0, 0.05) is 24.1 Å². The van der Waals surface area contributed by atoms with Gasteiger partial charge in [0.2, 0.25) is 5.88 Å². The number of fused-ring (bicyclic) bond motifs is 1. The van der Waals surface area contributed by atoms with E-state index in [1.807, 2.05) is 12.3 Å². The highest BCUT2D eigenvalue weighted by Crippen LogP contribution is 2.23. The van der Waals surface area contributed by atoms with Gasteiger partial charge in [-0.2, -0.15) is 13.4 Å². The number of carboxylic acids is 1. The molecule has 0 fully saturated rings. The standard InChI is InChI=1S/C26H25N3O6S2/c1-16(2)21-15-36-23(27-21)10-6-18-12-13-29-22(14-18)28-25(20(26(29)32)9-11-24(30)31)35-37(33,34)19-7-4-17(3)5-8-19/h4-5,7-9,11-16H,6,10H2,1-3H3,(H,30,31). The van der Waals surface area contributed by atoms with Crippen LogP contribution >= 0.6 is 11.3 Å². The lowest BCUT2D eigenvalue weighted by atomic mass is 10.1. The quantitative estimate of drug-likeness (QED) is 0.247. The molecule has 4 aromatic rings. The van der Waals surface area contributed by atoms with Gasteiger partial charge in [-0.15, -0.1) is 11.3 Å². The molecular formula is C26H25N3O6S2. The van der Waals surface area contributed by atoms with E-state index in [4.69, 9.17) is 9.29 Å². The van der Waals surface area contributed by atoms with Gasteiger partial charge in [-0.3, -0.25) is 9.20 Å². The smallest absolute Gasteiger partial charge is 0.340 e. The summed E-state index contributed by atoms with van der Waals surface area (Å²) in [5.74, 6) is -1.46. The molecule has 11 heteroatoms. The number of nitrogens with zero attached hydrogens (tertiary/aromatic N) is 3. The molecule has 0 aliphatic carbocycles. The second-order valence-electron chi connectivity index (χ2n) is 8.74. The predicted octanol–water partition coefficient (Wildman–Crippen LogP) is 4.23. The van der Waals surface area contributed by atoms with E-state index in [1.165, 1.54) is 22.7 Å². The van der Waals surface area contributed by atoms with Crippen molar-refractivity contribution in [2.24, 2.45) is 0 Å². The summed E-state index contributed by atoms with van der Waals surface area (Å²) in [6, 6.07) is 9.43. The lowest BCUT2D eigenvalue weighted by Gasteiger charge is -2.11. The number of carboxylic acid groups (broad SMARTS) is 1. The normalized spacial score (nSPS) is 12.0. The molecule has 3 aromatic heterocycles. The number of carbonyl (C=O) groups is 1. The van der Waals surface area contributed by atoms with Gasteiger partial charge in [-0.25, -0.2) is 9.78 Å². The Bertz CT molecular complexity index is 1650. The first-order valence-corrected chi connectivity index (χ1v) is 13.7. The third kappa shape index (κ3) is 6.12. The molecule has 0 radical (unpaired) electrons. The number of benzene rings is 1. The molecule has 0 saturated carbocycles. The molecule has 0 aliphatic rings. The number of hydrogen-bond acceptors (Lipinski definition) is 8. The van der Waals surface area contributed by atoms with Crippen molar-refractivity contribution in [3.63, 3.8) is 0 Å². The van der Waals surface area contributed by atoms with E-state index in [9.17, 15) is 18.0 Å². The van der Waals surface area contributed by atoms with Crippen molar-refractivity contribution in [2.45, 2.75) is 44.4 Å². The largest absolute Gasteiger partial charge is 0.478 e. The van der Waals surface area contributed by atoms with Gasteiger partial charge in [0.1, 0.15) is 16.1 Å². The topological polar surface area (TPSA) is 128 Å². The van der Waals surface area contributed by atoms with Gasteiger partial charge < -0.3 is 9.29 Å². The highest BCUT2D eigenvalue weighted by atomic mass is 32.2. The molecule has 3 heterocycles. The fourth-order valence-electron chi connectivity index (χ4n) is 3.50. The summed E-state index contributed by atoms with van der Waals surface area (Å²) in [7, 11) is -4.34. The average molecular weight is 540 g/mol. The van der Waals surface area contributed by atoms with Crippen LogP contribution in [0.2, 0.25) is 0 Å². The highest BCUT2D eigenvalue weighted by molar-refractivity contribution is 7.87. The van der Waals surface area contributed by atoms with Gasteiger partial charge in [-0.05, 0) is 55.2 Å². The molecule has 0 spiro atoms. The maximum atomic E-state index is 13.2. The van der Waals surface area contributed by atoms with Crippen LogP contribution in [0.5, 0.6) is 5.88 Å². The molecule has 1 aromatic carbocycles. The van der Waals surface area contributed by atoms with Crippen molar-refractivity contribution >= 4 is 39.1 Å². The molecule has 37 heavy (non-hydrogen) atoms. The van der Waals surface area contributed by atoms with Crippen LogP contribution in [0.4, 0.5) is 0 Å². The lowest BCUT2D eigenvalue weighted by molar-refractivity contribution is -0.131. The minimum Gasteiger partial charge on any atom is -0.478 e. The van der Waals surface area contributed by atoms with E-state index in [0.29, 0.717) is 18.8 Å². The third-order valence-corrected chi connectivity index (χ3v) is 7.73. The summed E-state index contributed by atoms with van der Waals surface area (Å²) in [4.78, 5) is 33.1. The minimum atomic E-state index is -4.34. The lowest BCUT2D eigenvalue weighted by Crippen LogP contribution is -2.21. The molecule has 1 N–H and O–H groups in total. The highest BCUT2D eigenvalue weighted by Gasteiger charge is 2.22. The summed E-state index contributed by atoms with van der Waals surface area (Å²) in [6.07, 6.45) is 4.56. The number of hydrogen-bond donors (Lipinski definition) is 1. The molecular weight excluding hydrogens is 514 g/mol. The Kier molecular flexibility index (Phi) is 7.55. The van der Waals surface area contributed by atoms with E-state index < -0.39 is 27.5 Å². The minimum absolute atomic E-state index is 0.119. The van der Waals surface area contributed by atoms with Crippen molar-refractivity contribution in [1.82, 2.24) is 14.4 Å². The summed E-state index contributed by atoms with van der Waals surface area (Å²) in [5.41, 5.74) is 1.99. The maximum Gasteiger partial charge on any atom is 0.340 e. The van der Waals surface area contributed by atoms with E-state index >= 15 is 0 Å². The Morgan fingerprint density at radius 1 is 1.16 bits per heavy atom. The second kappa shape index (κ2) is 10.7. The van der Waals surface area contributed by atoms with E-state index in [2.05, 4.69) is 23.8 Å². The Balaban J connectivity index is 1.72. The van der Waals surface area contributed by atoms with Gasteiger partial charge in [0.05, 0.1) is 10.7 Å². The summed E-state index contributed by atoms with van der Waals surface area (Å²) < 4.78 is 32.3. The molecule has 0 aliphatic heterocycles. The van der Waals surface area contributed by atoms with E-state index in [0.717, 1.165) is 34.0 Å². The molecule has 4 rings (SSSR count). The zero-order valence-electron chi connectivity index (χ0n) is 20.4. The maximum absolute atomic E-state index is 13.2. The molecule has 0 atom stereocenters.